The summed E-state index contributed by atoms with van der Waals surface area (Å²) in [4.78, 5) is 36.2. The molecule has 0 atom stereocenters. The molecular formula is C24H20ClN3O5. The van der Waals surface area contributed by atoms with Crippen molar-refractivity contribution in [3.05, 3.63) is 88.4 Å². The lowest BCUT2D eigenvalue weighted by Crippen LogP contribution is -2.32. The Hall–Kier alpha value is -4.17. The predicted molar refractivity (Wildman–Crippen MR) is 125 cm³/mol. The number of esters is 1. The lowest BCUT2D eigenvalue weighted by atomic mass is 10.2. The Balaban J connectivity index is 1.60. The standard InChI is InChI=1S/C24H20ClN3O5/c1-15-4-3-5-19(12-15)27-22(29)23(30)28-26-14-16-6-11-20(21(13-16)32-2)33-24(31)17-7-9-18(25)10-8-17/h3-14H,1-2H3,(H,27,29)(H,28,30)/b26-14+. The number of ether oxygens (including phenoxy) is 2. The van der Waals surface area contributed by atoms with Crippen molar-refractivity contribution in [1.82, 2.24) is 5.43 Å². The molecule has 0 aliphatic carbocycles. The summed E-state index contributed by atoms with van der Waals surface area (Å²) >= 11 is 5.83. The van der Waals surface area contributed by atoms with Crippen LogP contribution in [0.1, 0.15) is 21.5 Å². The van der Waals surface area contributed by atoms with E-state index in [1.807, 2.05) is 13.0 Å². The van der Waals surface area contributed by atoms with E-state index in [0.717, 1.165) is 5.56 Å². The van der Waals surface area contributed by atoms with Crippen LogP contribution >= 0.6 is 11.6 Å². The van der Waals surface area contributed by atoms with Gasteiger partial charge in [-0.05, 0) is 72.6 Å². The third kappa shape index (κ3) is 6.65. The van der Waals surface area contributed by atoms with Gasteiger partial charge in [-0.25, -0.2) is 10.2 Å². The van der Waals surface area contributed by atoms with E-state index in [1.54, 1.807) is 54.6 Å². The summed E-state index contributed by atoms with van der Waals surface area (Å²) in [6.45, 7) is 1.87. The second kappa shape index (κ2) is 10.9. The highest BCUT2D eigenvalue weighted by atomic mass is 35.5. The van der Waals surface area contributed by atoms with Gasteiger partial charge in [0.15, 0.2) is 11.5 Å². The van der Waals surface area contributed by atoms with E-state index < -0.39 is 17.8 Å². The van der Waals surface area contributed by atoms with Gasteiger partial charge in [-0.2, -0.15) is 5.10 Å². The molecule has 9 heteroatoms. The van der Waals surface area contributed by atoms with E-state index in [-0.39, 0.29) is 11.5 Å². The number of hydrogen-bond acceptors (Lipinski definition) is 6. The van der Waals surface area contributed by atoms with Gasteiger partial charge in [0.1, 0.15) is 0 Å². The summed E-state index contributed by atoms with van der Waals surface area (Å²) in [5, 5.41) is 6.78. The molecule has 0 unspecified atom stereocenters. The van der Waals surface area contributed by atoms with Gasteiger partial charge in [-0.1, -0.05) is 23.7 Å². The van der Waals surface area contributed by atoms with Crippen molar-refractivity contribution in [3.63, 3.8) is 0 Å². The second-order valence-electron chi connectivity index (χ2n) is 6.83. The minimum Gasteiger partial charge on any atom is -0.493 e. The number of methoxy groups -OCH3 is 1. The van der Waals surface area contributed by atoms with Crippen LogP contribution < -0.4 is 20.2 Å². The maximum absolute atomic E-state index is 12.3. The second-order valence-corrected chi connectivity index (χ2v) is 7.27. The number of aryl methyl sites for hydroxylation is 1. The monoisotopic (exact) mass is 465 g/mol. The third-order valence-electron chi connectivity index (χ3n) is 4.33. The number of rotatable bonds is 6. The number of hydrazone groups is 1. The van der Waals surface area contributed by atoms with Gasteiger partial charge >= 0.3 is 17.8 Å². The van der Waals surface area contributed by atoms with Crippen molar-refractivity contribution in [2.75, 3.05) is 12.4 Å². The van der Waals surface area contributed by atoms with Gasteiger partial charge < -0.3 is 14.8 Å². The predicted octanol–water partition coefficient (Wildman–Crippen LogP) is 3.97. The Morgan fingerprint density at radius 1 is 0.939 bits per heavy atom. The molecule has 3 rings (SSSR count). The molecule has 8 nitrogen and oxygen atoms in total. The zero-order valence-electron chi connectivity index (χ0n) is 17.8. The molecule has 0 heterocycles. The fraction of sp³-hybridized carbons (Fsp3) is 0.0833. The van der Waals surface area contributed by atoms with E-state index >= 15 is 0 Å². The highest BCUT2D eigenvalue weighted by Crippen LogP contribution is 2.28. The molecule has 2 N–H and O–H groups in total. The van der Waals surface area contributed by atoms with Crippen LogP contribution in [0, 0.1) is 6.92 Å². The molecule has 0 aliphatic rings. The Bertz CT molecular complexity index is 1210. The Kier molecular flexibility index (Phi) is 7.77. The maximum Gasteiger partial charge on any atom is 0.343 e. The van der Waals surface area contributed by atoms with Crippen LogP contribution in [0.3, 0.4) is 0 Å². The van der Waals surface area contributed by atoms with Crippen molar-refractivity contribution in [2.24, 2.45) is 5.10 Å². The van der Waals surface area contributed by atoms with E-state index in [1.165, 1.54) is 19.4 Å². The molecule has 0 fully saturated rings. The zero-order chi connectivity index (χ0) is 23.8. The average Bonchev–Trinajstić information content (AvgIpc) is 2.80. The first-order valence-corrected chi connectivity index (χ1v) is 10.1. The van der Waals surface area contributed by atoms with Crippen LogP contribution in [-0.2, 0) is 9.59 Å². The number of nitrogens with one attached hydrogen (secondary N) is 2. The number of carbonyl (C=O) groups is 3. The number of halogens is 1. The molecule has 3 aromatic carbocycles. The summed E-state index contributed by atoms with van der Waals surface area (Å²) in [5.74, 6) is -1.85. The minimum absolute atomic E-state index is 0.205. The highest BCUT2D eigenvalue weighted by molar-refractivity contribution is 6.39. The molecule has 0 radical (unpaired) electrons. The average molecular weight is 466 g/mol. The molecule has 0 aliphatic heterocycles. The zero-order valence-corrected chi connectivity index (χ0v) is 18.6. The van der Waals surface area contributed by atoms with Crippen LogP contribution in [0.4, 0.5) is 5.69 Å². The largest absolute Gasteiger partial charge is 0.493 e. The van der Waals surface area contributed by atoms with Gasteiger partial charge in [0.25, 0.3) is 0 Å². The third-order valence-corrected chi connectivity index (χ3v) is 4.58. The number of benzene rings is 3. The quantitative estimate of drug-likeness (QED) is 0.188. The summed E-state index contributed by atoms with van der Waals surface area (Å²) in [6, 6.07) is 18.0. The molecule has 3 aromatic rings. The molecule has 0 bridgehead atoms. The summed E-state index contributed by atoms with van der Waals surface area (Å²) in [5.41, 5.74) is 4.48. The van der Waals surface area contributed by atoms with Crippen molar-refractivity contribution >= 4 is 41.3 Å². The maximum atomic E-state index is 12.3. The Morgan fingerprint density at radius 2 is 1.70 bits per heavy atom. The van der Waals surface area contributed by atoms with Crippen LogP contribution in [0.5, 0.6) is 11.5 Å². The van der Waals surface area contributed by atoms with Gasteiger partial charge in [0.05, 0.1) is 18.9 Å². The van der Waals surface area contributed by atoms with Crippen molar-refractivity contribution in [1.29, 1.82) is 0 Å². The van der Waals surface area contributed by atoms with E-state index in [4.69, 9.17) is 21.1 Å². The molecule has 33 heavy (non-hydrogen) atoms. The van der Waals surface area contributed by atoms with E-state index in [9.17, 15) is 14.4 Å². The number of hydrogen-bond donors (Lipinski definition) is 2. The molecule has 168 valence electrons. The molecule has 0 spiro atoms. The van der Waals surface area contributed by atoms with Gasteiger partial charge in [-0.15, -0.1) is 0 Å². The first kappa shape index (κ1) is 23.5. The van der Waals surface area contributed by atoms with Gasteiger partial charge in [0.2, 0.25) is 0 Å². The first-order chi connectivity index (χ1) is 15.9. The molecule has 0 aromatic heterocycles. The number of amides is 2. The molecular weight excluding hydrogens is 446 g/mol. The minimum atomic E-state index is -0.923. The number of nitrogens with zero attached hydrogens (tertiary/aromatic N) is 1. The lowest BCUT2D eigenvalue weighted by molar-refractivity contribution is -0.136. The van der Waals surface area contributed by atoms with Crippen molar-refractivity contribution in [3.8, 4) is 11.5 Å². The van der Waals surface area contributed by atoms with E-state index in [2.05, 4.69) is 15.8 Å². The van der Waals surface area contributed by atoms with Crippen LogP contribution in [0.15, 0.2) is 71.8 Å². The Morgan fingerprint density at radius 3 is 2.39 bits per heavy atom. The van der Waals surface area contributed by atoms with Crippen molar-refractivity contribution < 1.29 is 23.9 Å². The van der Waals surface area contributed by atoms with Crippen LogP contribution in [0.25, 0.3) is 0 Å². The lowest BCUT2D eigenvalue weighted by Gasteiger charge is -2.10. The molecule has 0 saturated carbocycles. The highest BCUT2D eigenvalue weighted by Gasteiger charge is 2.14. The van der Waals surface area contributed by atoms with Crippen molar-refractivity contribution in [2.45, 2.75) is 6.92 Å². The number of carbonyl (C=O) groups excluding carboxylic acids is 3. The summed E-state index contributed by atoms with van der Waals surface area (Å²) in [6.07, 6.45) is 1.32. The molecule has 2 amide bonds. The van der Waals surface area contributed by atoms with Crippen LogP contribution in [-0.4, -0.2) is 31.1 Å². The molecule has 0 saturated heterocycles. The van der Waals surface area contributed by atoms with E-state index in [0.29, 0.717) is 21.8 Å². The van der Waals surface area contributed by atoms with Gasteiger partial charge in [0, 0.05) is 10.7 Å². The van der Waals surface area contributed by atoms with Gasteiger partial charge in [-0.3, -0.25) is 9.59 Å². The fourth-order valence-electron chi connectivity index (χ4n) is 2.72. The smallest absolute Gasteiger partial charge is 0.343 e. The topological polar surface area (TPSA) is 106 Å². The number of anilines is 1. The van der Waals surface area contributed by atoms with Crippen LogP contribution in [0.2, 0.25) is 5.02 Å². The normalized spacial score (nSPS) is 10.5. The first-order valence-electron chi connectivity index (χ1n) is 9.72. The fourth-order valence-corrected chi connectivity index (χ4v) is 2.85. The Labute approximate surface area is 195 Å². The summed E-state index contributed by atoms with van der Waals surface area (Å²) < 4.78 is 10.7. The SMILES string of the molecule is COc1cc(/C=N/NC(=O)C(=O)Nc2cccc(C)c2)ccc1OC(=O)c1ccc(Cl)cc1. The summed E-state index contributed by atoms with van der Waals surface area (Å²) in [7, 11) is 1.42.